The number of nitrogens with zero attached hydrogens (tertiary/aromatic N) is 1. The van der Waals surface area contributed by atoms with Crippen molar-refractivity contribution in [1.82, 2.24) is 9.62 Å². The summed E-state index contributed by atoms with van der Waals surface area (Å²) < 4.78 is 26.7. The Bertz CT molecular complexity index is 324. The highest BCUT2D eigenvalue weighted by Gasteiger charge is 2.28. The fourth-order valence-corrected chi connectivity index (χ4v) is 3.60. The Hall–Kier alpha value is -0.130. The van der Waals surface area contributed by atoms with Gasteiger partial charge in [0.25, 0.3) is 0 Å². The molecule has 0 aliphatic rings. The predicted molar refractivity (Wildman–Crippen MR) is 82.8 cm³/mol. The van der Waals surface area contributed by atoms with Gasteiger partial charge in [-0.05, 0) is 12.8 Å². The lowest BCUT2D eigenvalue weighted by Crippen LogP contribution is -2.44. The Morgan fingerprint density at radius 2 is 1.58 bits per heavy atom. The van der Waals surface area contributed by atoms with Gasteiger partial charge in [0.2, 0.25) is 10.0 Å². The van der Waals surface area contributed by atoms with Crippen LogP contribution < -0.4 is 5.32 Å². The normalized spacial score (nSPS) is 14.6. The molecule has 0 radical (unpaired) electrons. The Labute approximate surface area is 120 Å². The summed E-state index contributed by atoms with van der Waals surface area (Å²) in [4.78, 5) is 0. The predicted octanol–water partition coefficient (Wildman–Crippen LogP) is 2.46. The molecule has 0 heterocycles. The highest BCUT2D eigenvalue weighted by atomic mass is 32.2. The first-order valence-corrected chi connectivity index (χ1v) is 9.02. The van der Waals surface area contributed by atoms with Crippen LogP contribution in [0.1, 0.15) is 54.4 Å². The highest BCUT2D eigenvalue weighted by Crippen LogP contribution is 2.15. The van der Waals surface area contributed by atoms with Gasteiger partial charge >= 0.3 is 0 Å². The van der Waals surface area contributed by atoms with Crippen LogP contribution in [0.15, 0.2) is 0 Å². The average molecular weight is 292 g/mol. The Balaban J connectivity index is 4.72. The third-order valence-corrected chi connectivity index (χ3v) is 5.96. The van der Waals surface area contributed by atoms with Crippen LogP contribution in [0, 0.1) is 5.92 Å². The second-order valence-corrected chi connectivity index (χ2v) is 7.90. The number of rotatable bonds is 10. The van der Waals surface area contributed by atoms with E-state index in [0.29, 0.717) is 31.6 Å². The van der Waals surface area contributed by atoms with E-state index in [1.807, 2.05) is 20.8 Å². The van der Waals surface area contributed by atoms with Gasteiger partial charge in [-0.2, -0.15) is 0 Å². The summed E-state index contributed by atoms with van der Waals surface area (Å²) in [5.41, 5.74) is 0. The molecule has 116 valence electrons. The summed E-state index contributed by atoms with van der Waals surface area (Å²) in [7, 11) is -3.19. The molecule has 0 saturated carbocycles. The molecule has 0 saturated heterocycles. The number of hydrogen-bond donors (Lipinski definition) is 1. The fraction of sp³-hybridized carbons (Fsp3) is 1.00. The number of sulfonamides is 1. The molecule has 1 N–H and O–H groups in total. The van der Waals surface area contributed by atoms with Crippen molar-refractivity contribution in [1.29, 1.82) is 0 Å². The monoisotopic (exact) mass is 292 g/mol. The largest absolute Gasteiger partial charge is 0.313 e. The summed E-state index contributed by atoms with van der Waals surface area (Å²) in [6, 6.07) is 0.312. The number of hydrogen-bond acceptors (Lipinski definition) is 3. The fourth-order valence-electron chi connectivity index (χ4n) is 2.01. The van der Waals surface area contributed by atoms with Gasteiger partial charge in [-0.3, -0.25) is 0 Å². The summed E-state index contributed by atoms with van der Waals surface area (Å²) in [5, 5.41) is 2.83. The van der Waals surface area contributed by atoms with E-state index in [4.69, 9.17) is 0 Å². The Kier molecular flexibility index (Phi) is 8.86. The van der Waals surface area contributed by atoms with Crippen molar-refractivity contribution < 1.29 is 8.42 Å². The molecule has 1 atom stereocenters. The van der Waals surface area contributed by atoms with Crippen LogP contribution in [-0.2, 0) is 10.0 Å². The zero-order chi connectivity index (χ0) is 15.1. The number of nitrogens with one attached hydrogen (secondary N) is 1. The molecule has 0 aliphatic heterocycles. The van der Waals surface area contributed by atoms with E-state index in [9.17, 15) is 8.42 Å². The second kappa shape index (κ2) is 8.93. The molecule has 19 heavy (non-hydrogen) atoms. The average Bonchev–Trinajstić information content (AvgIpc) is 2.36. The van der Waals surface area contributed by atoms with Crippen LogP contribution >= 0.6 is 0 Å². The maximum Gasteiger partial charge on any atom is 0.217 e. The first kappa shape index (κ1) is 18.9. The summed E-state index contributed by atoms with van der Waals surface area (Å²) in [6.45, 7) is 13.7. The molecule has 0 bridgehead atoms. The van der Waals surface area contributed by atoms with Gasteiger partial charge in [0, 0.05) is 25.7 Å². The molecule has 0 aromatic heterocycles. The van der Waals surface area contributed by atoms with Crippen molar-refractivity contribution in [2.75, 3.05) is 19.6 Å². The van der Waals surface area contributed by atoms with Gasteiger partial charge in [0.05, 0.1) is 5.25 Å². The van der Waals surface area contributed by atoms with E-state index in [-0.39, 0.29) is 5.25 Å². The van der Waals surface area contributed by atoms with Crippen LogP contribution in [0.5, 0.6) is 0 Å². The van der Waals surface area contributed by atoms with Crippen LogP contribution in [0.25, 0.3) is 0 Å². The van der Waals surface area contributed by atoms with Crippen molar-refractivity contribution in [3.05, 3.63) is 0 Å². The lowest BCUT2D eigenvalue weighted by Gasteiger charge is -2.28. The van der Waals surface area contributed by atoms with Gasteiger partial charge < -0.3 is 5.32 Å². The van der Waals surface area contributed by atoms with Crippen molar-refractivity contribution >= 4 is 10.0 Å². The third-order valence-electron chi connectivity index (χ3n) is 3.65. The van der Waals surface area contributed by atoms with Gasteiger partial charge in [-0.1, -0.05) is 47.5 Å². The SMILES string of the molecule is CCC(CC)CN(CC)S(=O)(=O)C(C)CNC(C)C. The van der Waals surface area contributed by atoms with E-state index in [0.717, 1.165) is 12.8 Å². The minimum atomic E-state index is -3.19. The molecule has 0 fully saturated rings. The smallest absolute Gasteiger partial charge is 0.217 e. The molecule has 5 heteroatoms. The van der Waals surface area contributed by atoms with Crippen LogP contribution in [-0.4, -0.2) is 43.6 Å². The minimum absolute atomic E-state index is 0.312. The molecular formula is C14H32N2O2S. The second-order valence-electron chi connectivity index (χ2n) is 5.55. The standard InChI is InChI=1S/C14H32N2O2S/c1-7-14(8-2)11-16(9-3)19(17,18)13(6)10-15-12(4)5/h12-15H,7-11H2,1-6H3. The zero-order valence-corrected chi connectivity index (χ0v) is 14.3. The maximum atomic E-state index is 12.5. The van der Waals surface area contributed by atoms with E-state index in [2.05, 4.69) is 19.2 Å². The zero-order valence-electron chi connectivity index (χ0n) is 13.4. The van der Waals surface area contributed by atoms with Crippen molar-refractivity contribution in [3.63, 3.8) is 0 Å². The maximum absolute atomic E-state index is 12.5. The Morgan fingerprint density at radius 1 is 1.05 bits per heavy atom. The Morgan fingerprint density at radius 3 is 1.95 bits per heavy atom. The lowest BCUT2D eigenvalue weighted by molar-refractivity contribution is 0.335. The van der Waals surface area contributed by atoms with E-state index in [1.54, 1.807) is 11.2 Å². The molecule has 4 nitrogen and oxygen atoms in total. The molecule has 0 aliphatic carbocycles. The summed E-state index contributed by atoms with van der Waals surface area (Å²) in [5.74, 6) is 0.458. The quantitative estimate of drug-likeness (QED) is 0.673. The molecule has 0 rings (SSSR count). The minimum Gasteiger partial charge on any atom is -0.313 e. The van der Waals surface area contributed by atoms with Crippen LogP contribution in [0.2, 0.25) is 0 Å². The van der Waals surface area contributed by atoms with Gasteiger partial charge in [0.15, 0.2) is 0 Å². The van der Waals surface area contributed by atoms with Gasteiger partial charge in [-0.25, -0.2) is 12.7 Å². The third kappa shape index (κ3) is 6.23. The molecule has 0 aromatic rings. The van der Waals surface area contributed by atoms with E-state index in [1.165, 1.54) is 0 Å². The van der Waals surface area contributed by atoms with E-state index >= 15 is 0 Å². The van der Waals surface area contributed by atoms with E-state index < -0.39 is 10.0 Å². The van der Waals surface area contributed by atoms with Gasteiger partial charge in [0.1, 0.15) is 0 Å². The topological polar surface area (TPSA) is 49.4 Å². The first-order valence-electron chi connectivity index (χ1n) is 7.51. The molecular weight excluding hydrogens is 260 g/mol. The van der Waals surface area contributed by atoms with Gasteiger partial charge in [-0.15, -0.1) is 0 Å². The van der Waals surface area contributed by atoms with Crippen LogP contribution in [0.3, 0.4) is 0 Å². The molecule has 1 unspecified atom stereocenters. The van der Waals surface area contributed by atoms with Crippen molar-refractivity contribution in [3.8, 4) is 0 Å². The molecule has 0 aromatic carbocycles. The summed E-state index contributed by atoms with van der Waals surface area (Å²) in [6.07, 6.45) is 2.06. The van der Waals surface area contributed by atoms with Crippen LogP contribution in [0.4, 0.5) is 0 Å². The van der Waals surface area contributed by atoms with Crippen molar-refractivity contribution in [2.45, 2.75) is 65.7 Å². The van der Waals surface area contributed by atoms with Crippen molar-refractivity contribution in [2.24, 2.45) is 5.92 Å². The lowest BCUT2D eigenvalue weighted by atomic mass is 10.0. The first-order chi connectivity index (χ1) is 8.79. The highest BCUT2D eigenvalue weighted by molar-refractivity contribution is 7.89. The molecule has 0 amide bonds. The summed E-state index contributed by atoms with van der Waals surface area (Å²) >= 11 is 0. The molecule has 0 spiro atoms.